The van der Waals surface area contributed by atoms with Gasteiger partial charge in [-0.3, -0.25) is 0 Å². The van der Waals surface area contributed by atoms with Gasteiger partial charge in [-0.1, -0.05) is 13.8 Å². The summed E-state index contributed by atoms with van der Waals surface area (Å²) in [5, 5.41) is 0. The van der Waals surface area contributed by atoms with Crippen molar-refractivity contribution in [1.82, 2.24) is 4.90 Å². The van der Waals surface area contributed by atoms with Gasteiger partial charge in [-0.05, 0) is 37.6 Å². The van der Waals surface area contributed by atoms with E-state index in [1.54, 1.807) is 0 Å². The third kappa shape index (κ3) is 1.44. The van der Waals surface area contributed by atoms with Gasteiger partial charge in [0.15, 0.2) is 0 Å². The molecule has 2 aliphatic rings. The highest BCUT2D eigenvalue weighted by Crippen LogP contribution is 2.33. The van der Waals surface area contributed by atoms with Crippen LogP contribution in [0.4, 0.5) is 0 Å². The predicted octanol–water partition coefficient (Wildman–Crippen LogP) is 2.13. The first-order chi connectivity index (χ1) is 5.25. The molecule has 0 aromatic heterocycles. The molecule has 64 valence electrons. The second-order valence-corrected chi connectivity index (χ2v) is 4.62. The molecule has 11 heavy (non-hydrogen) atoms. The van der Waals surface area contributed by atoms with Crippen LogP contribution in [0.3, 0.4) is 0 Å². The van der Waals surface area contributed by atoms with Crippen molar-refractivity contribution >= 4 is 0 Å². The molecular weight excluding hydrogens is 134 g/mol. The van der Waals surface area contributed by atoms with Crippen LogP contribution in [0.2, 0.25) is 0 Å². The Balaban J connectivity index is 1.79. The smallest absolute Gasteiger partial charge is 0.0100 e. The molecule has 2 fully saturated rings. The fourth-order valence-corrected chi connectivity index (χ4v) is 2.46. The standard InChI is InChI=1S/C10H19N/c1-8-3-4-11(7-8)10-5-9(2)6-10/h8-10H,3-7H2,1-2H3. The number of nitrogens with zero attached hydrogens (tertiary/aromatic N) is 1. The van der Waals surface area contributed by atoms with Crippen LogP contribution in [0, 0.1) is 11.8 Å². The largest absolute Gasteiger partial charge is 0.300 e. The Bertz CT molecular complexity index is 138. The molecule has 0 spiro atoms. The van der Waals surface area contributed by atoms with E-state index >= 15 is 0 Å². The summed E-state index contributed by atoms with van der Waals surface area (Å²) < 4.78 is 0. The van der Waals surface area contributed by atoms with E-state index in [2.05, 4.69) is 18.7 Å². The topological polar surface area (TPSA) is 3.24 Å². The highest BCUT2D eigenvalue weighted by atomic mass is 15.2. The summed E-state index contributed by atoms with van der Waals surface area (Å²) in [7, 11) is 0. The monoisotopic (exact) mass is 153 g/mol. The van der Waals surface area contributed by atoms with Gasteiger partial charge in [-0.15, -0.1) is 0 Å². The molecule has 1 nitrogen and oxygen atoms in total. The lowest BCUT2D eigenvalue weighted by atomic mass is 9.81. The molecule has 1 saturated heterocycles. The van der Waals surface area contributed by atoms with Crippen molar-refractivity contribution in [3.63, 3.8) is 0 Å². The summed E-state index contributed by atoms with van der Waals surface area (Å²) in [5.74, 6) is 1.97. The van der Waals surface area contributed by atoms with Gasteiger partial charge in [0.1, 0.15) is 0 Å². The maximum absolute atomic E-state index is 2.70. The Kier molecular flexibility index (Phi) is 1.92. The normalized spacial score (nSPS) is 45.8. The van der Waals surface area contributed by atoms with Gasteiger partial charge in [-0.25, -0.2) is 0 Å². The van der Waals surface area contributed by atoms with Gasteiger partial charge in [0.2, 0.25) is 0 Å². The van der Waals surface area contributed by atoms with Gasteiger partial charge < -0.3 is 4.90 Å². The van der Waals surface area contributed by atoms with E-state index in [1.807, 2.05) is 0 Å². The quantitative estimate of drug-likeness (QED) is 0.558. The Hall–Kier alpha value is -0.0400. The summed E-state index contributed by atoms with van der Waals surface area (Å²) in [6.07, 6.45) is 4.37. The van der Waals surface area contributed by atoms with Crippen molar-refractivity contribution in [2.75, 3.05) is 13.1 Å². The summed E-state index contributed by atoms with van der Waals surface area (Å²) >= 11 is 0. The number of hydrogen-bond donors (Lipinski definition) is 0. The van der Waals surface area contributed by atoms with Crippen molar-refractivity contribution in [2.45, 2.75) is 39.2 Å². The van der Waals surface area contributed by atoms with Crippen molar-refractivity contribution in [1.29, 1.82) is 0 Å². The lowest BCUT2D eigenvalue weighted by molar-refractivity contribution is 0.106. The van der Waals surface area contributed by atoms with Crippen molar-refractivity contribution < 1.29 is 0 Å². The maximum atomic E-state index is 2.70. The van der Waals surface area contributed by atoms with Gasteiger partial charge in [0, 0.05) is 12.6 Å². The molecule has 0 aromatic rings. The molecule has 1 unspecified atom stereocenters. The van der Waals surface area contributed by atoms with E-state index in [1.165, 1.54) is 32.4 Å². The molecule has 1 heteroatoms. The average molecular weight is 153 g/mol. The van der Waals surface area contributed by atoms with Crippen LogP contribution in [0.15, 0.2) is 0 Å². The van der Waals surface area contributed by atoms with E-state index < -0.39 is 0 Å². The molecule has 1 atom stereocenters. The van der Waals surface area contributed by atoms with E-state index in [4.69, 9.17) is 0 Å². The van der Waals surface area contributed by atoms with Crippen LogP contribution >= 0.6 is 0 Å². The fraction of sp³-hybridized carbons (Fsp3) is 1.00. The summed E-state index contributed by atoms with van der Waals surface area (Å²) in [6.45, 7) is 7.49. The predicted molar refractivity (Wildman–Crippen MR) is 47.5 cm³/mol. The SMILES string of the molecule is CC1CC(N2CCC(C)C2)C1. The van der Waals surface area contributed by atoms with E-state index in [9.17, 15) is 0 Å². The van der Waals surface area contributed by atoms with E-state index in [-0.39, 0.29) is 0 Å². The molecule has 0 amide bonds. The van der Waals surface area contributed by atoms with Crippen molar-refractivity contribution in [3.8, 4) is 0 Å². The third-order valence-corrected chi connectivity index (χ3v) is 3.32. The minimum atomic E-state index is 0.964. The molecule has 1 aliphatic carbocycles. The number of likely N-dealkylation sites (tertiary alicyclic amines) is 1. The highest BCUT2D eigenvalue weighted by Gasteiger charge is 2.33. The lowest BCUT2D eigenvalue weighted by Crippen LogP contribution is -2.42. The first kappa shape index (κ1) is 7.60. The molecule has 1 heterocycles. The van der Waals surface area contributed by atoms with Crippen molar-refractivity contribution in [3.05, 3.63) is 0 Å². The number of hydrogen-bond acceptors (Lipinski definition) is 1. The Morgan fingerprint density at radius 3 is 2.27 bits per heavy atom. The zero-order valence-corrected chi connectivity index (χ0v) is 7.71. The Morgan fingerprint density at radius 1 is 1.09 bits per heavy atom. The summed E-state index contributed by atoms with van der Waals surface area (Å²) in [4.78, 5) is 2.70. The molecule has 1 saturated carbocycles. The number of rotatable bonds is 1. The minimum absolute atomic E-state index is 0.964. The first-order valence-electron chi connectivity index (χ1n) is 4.99. The Labute approximate surface area is 69.8 Å². The highest BCUT2D eigenvalue weighted by molar-refractivity contribution is 4.88. The average Bonchev–Trinajstić information content (AvgIpc) is 2.29. The molecule has 0 radical (unpaired) electrons. The van der Waals surface area contributed by atoms with Crippen LogP contribution in [0.1, 0.15) is 33.1 Å². The third-order valence-electron chi connectivity index (χ3n) is 3.32. The molecule has 0 N–H and O–H groups in total. The van der Waals surface area contributed by atoms with Crippen LogP contribution in [-0.4, -0.2) is 24.0 Å². The van der Waals surface area contributed by atoms with Crippen LogP contribution in [0.5, 0.6) is 0 Å². The van der Waals surface area contributed by atoms with Crippen LogP contribution in [0.25, 0.3) is 0 Å². The Morgan fingerprint density at radius 2 is 1.82 bits per heavy atom. The summed E-state index contributed by atoms with van der Waals surface area (Å²) in [6, 6.07) is 0.968. The van der Waals surface area contributed by atoms with Crippen LogP contribution in [-0.2, 0) is 0 Å². The zero-order valence-electron chi connectivity index (χ0n) is 7.71. The molecule has 2 rings (SSSR count). The second kappa shape index (κ2) is 2.78. The van der Waals surface area contributed by atoms with Gasteiger partial charge in [-0.2, -0.15) is 0 Å². The van der Waals surface area contributed by atoms with Gasteiger partial charge in [0.25, 0.3) is 0 Å². The first-order valence-corrected chi connectivity index (χ1v) is 4.99. The van der Waals surface area contributed by atoms with Crippen molar-refractivity contribution in [2.24, 2.45) is 11.8 Å². The zero-order chi connectivity index (χ0) is 7.84. The molecule has 0 aromatic carbocycles. The summed E-state index contributed by atoms with van der Waals surface area (Å²) in [5.41, 5.74) is 0. The van der Waals surface area contributed by atoms with Crippen LogP contribution < -0.4 is 0 Å². The second-order valence-electron chi connectivity index (χ2n) is 4.62. The maximum Gasteiger partial charge on any atom is 0.0100 e. The minimum Gasteiger partial charge on any atom is -0.300 e. The van der Waals surface area contributed by atoms with Gasteiger partial charge in [0.05, 0.1) is 0 Å². The molecule has 1 aliphatic heterocycles. The van der Waals surface area contributed by atoms with E-state index in [0.717, 1.165) is 17.9 Å². The molecular formula is C10H19N. The van der Waals surface area contributed by atoms with E-state index in [0.29, 0.717) is 0 Å². The van der Waals surface area contributed by atoms with Gasteiger partial charge >= 0.3 is 0 Å². The lowest BCUT2D eigenvalue weighted by Gasteiger charge is -2.39. The molecule has 0 bridgehead atoms. The fourth-order valence-electron chi connectivity index (χ4n) is 2.46.